The first-order valence-corrected chi connectivity index (χ1v) is 6.35. The molecule has 1 heterocycles. The zero-order valence-electron chi connectivity index (χ0n) is 10.9. The summed E-state index contributed by atoms with van der Waals surface area (Å²) in [6.45, 7) is 3.58. The van der Waals surface area contributed by atoms with Crippen molar-refractivity contribution in [3.8, 4) is 0 Å². The Morgan fingerprint density at radius 3 is 2.68 bits per heavy atom. The largest absolute Gasteiger partial charge is 0.481 e. The van der Waals surface area contributed by atoms with Crippen LogP contribution in [0.15, 0.2) is 24.3 Å². The van der Waals surface area contributed by atoms with Crippen LogP contribution in [0.5, 0.6) is 0 Å². The van der Waals surface area contributed by atoms with E-state index in [0.29, 0.717) is 19.6 Å². The first-order valence-electron chi connectivity index (χ1n) is 6.35. The molecule has 1 aliphatic rings. The minimum Gasteiger partial charge on any atom is -0.481 e. The summed E-state index contributed by atoms with van der Waals surface area (Å²) in [6.07, 6.45) is 0.140. The number of likely N-dealkylation sites (tertiary alicyclic amines) is 1. The van der Waals surface area contributed by atoms with Crippen molar-refractivity contribution < 1.29 is 14.7 Å². The molecule has 0 radical (unpaired) electrons. The molecule has 5 heteroatoms. The number of carboxylic acids is 1. The lowest BCUT2D eigenvalue weighted by Crippen LogP contribution is -2.54. The fourth-order valence-electron chi connectivity index (χ4n) is 2.20. The van der Waals surface area contributed by atoms with E-state index in [0.717, 1.165) is 11.1 Å². The molecule has 102 valence electrons. The number of hydrogen-bond donors (Lipinski definition) is 2. The fourth-order valence-corrected chi connectivity index (χ4v) is 2.20. The van der Waals surface area contributed by atoms with Gasteiger partial charge < -0.3 is 15.3 Å². The Morgan fingerprint density at radius 2 is 2.05 bits per heavy atom. The molecule has 0 saturated carbocycles. The quantitative estimate of drug-likeness (QED) is 0.866. The average Bonchev–Trinajstić information content (AvgIpc) is 2.31. The molecule has 1 aliphatic heterocycles. The molecule has 0 aromatic heterocycles. The molecule has 1 fully saturated rings. The molecule has 1 aromatic carbocycles. The predicted molar refractivity (Wildman–Crippen MR) is 70.7 cm³/mol. The highest BCUT2D eigenvalue weighted by Crippen LogP contribution is 2.19. The van der Waals surface area contributed by atoms with E-state index in [1.54, 1.807) is 4.90 Å². The van der Waals surface area contributed by atoms with E-state index in [1.165, 1.54) is 0 Å². The van der Waals surface area contributed by atoms with Gasteiger partial charge in [-0.3, -0.25) is 4.79 Å². The Balaban J connectivity index is 1.75. The molecule has 0 aliphatic carbocycles. The van der Waals surface area contributed by atoms with E-state index in [9.17, 15) is 9.59 Å². The molecule has 1 saturated heterocycles. The third-order valence-corrected chi connectivity index (χ3v) is 3.40. The van der Waals surface area contributed by atoms with Crippen LogP contribution in [0.2, 0.25) is 0 Å². The second-order valence-electron chi connectivity index (χ2n) is 4.95. The van der Waals surface area contributed by atoms with Gasteiger partial charge in [-0.25, -0.2) is 4.79 Å². The second kappa shape index (κ2) is 5.73. The number of carbonyl (C=O) groups excluding carboxylic acids is 1. The van der Waals surface area contributed by atoms with Crippen LogP contribution in [0.1, 0.15) is 17.5 Å². The number of aliphatic carboxylic acids is 1. The molecule has 19 heavy (non-hydrogen) atoms. The van der Waals surface area contributed by atoms with Gasteiger partial charge in [0.1, 0.15) is 0 Å². The minimum absolute atomic E-state index is 0.0988. The smallest absolute Gasteiger partial charge is 0.317 e. The first kappa shape index (κ1) is 13.4. The molecule has 0 atom stereocenters. The third kappa shape index (κ3) is 3.47. The molecule has 0 unspecified atom stereocenters. The minimum atomic E-state index is -0.801. The van der Waals surface area contributed by atoms with E-state index >= 15 is 0 Å². The van der Waals surface area contributed by atoms with Gasteiger partial charge in [0.05, 0.1) is 6.42 Å². The van der Waals surface area contributed by atoms with E-state index in [1.807, 2.05) is 31.2 Å². The highest BCUT2D eigenvalue weighted by atomic mass is 16.4. The number of nitrogens with one attached hydrogen (secondary N) is 1. The summed E-state index contributed by atoms with van der Waals surface area (Å²) in [5.74, 6) is -0.702. The first-order chi connectivity index (χ1) is 9.06. The zero-order chi connectivity index (χ0) is 13.8. The number of benzene rings is 1. The van der Waals surface area contributed by atoms with Crippen LogP contribution in [-0.4, -0.2) is 35.1 Å². The van der Waals surface area contributed by atoms with Crippen LogP contribution in [-0.2, 0) is 11.3 Å². The van der Waals surface area contributed by atoms with Crippen molar-refractivity contribution in [2.24, 2.45) is 5.92 Å². The molecule has 0 bridgehead atoms. The Morgan fingerprint density at radius 1 is 1.37 bits per heavy atom. The molecule has 1 aromatic rings. The predicted octanol–water partition coefficient (Wildman–Crippen LogP) is 1.61. The highest BCUT2D eigenvalue weighted by molar-refractivity contribution is 5.75. The standard InChI is InChI=1S/C14H18N2O3/c1-10-4-2-3-5-12(10)7-15-14(19)16-8-11(9-16)6-13(17)18/h2-5,11H,6-9H2,1H3,(H,15,19)(H,17,18). The Labute approximate surface area is 112 Å². The van der Waals surface area contributed by atoms with Crippen LogP contribution in [0.25, 0.3) is 0 Å². The number of amides is 2. The van der Waals surface area contributed by atoms with E-state index < -0.39 is 5.97 Å². The van der Waals surface area contributed by atoms with Crippen LogP contribution in [0.4, 0.5) is 4.79 Å². The summed E-state index contributed by atoms with van der Waals surface area (Å²) < 4.78 is 0. The van der Waals surface area contributed by atoms with Gasteiger partial charge in [-0.05, 0) is 18.1 Å². The number of carboxylic acid groups (broad SMARTS) is 1. The van der Waals surface area contributed by atoms with E-state index in [-0.39, 0.29) is 18.4 Å². The maximum atomic E-state index is 11.8. The average molecular weight is 262 g/mol. The lowest BCUT2D eigenvalue weighted by molar-refractivity contribution is -0.139. The SMILES string of the molecule is Cc1ccccc1CNC(=O)N1CC(CC(=O)O)C1. The third-order valence-electron chi connectivity index (χ3n) is 3.40. The van der Waals surface area contributed by atoms with Gasteiger partial charge in [0, 0.05) is 25.6 Å². The van der Waals surface area contributed by atoms with Gasteiger partial charge in [0.2, 0.25) is 0 Å². The summed E-state index contributed by atoms with van der Waals surface area (Å²) in [5, 5.41) is 11.5. The van der Waals surface area contributed by atoms with E-state index in [4.69, 9.17) is 5.11 Å². The van der Waals surface area contributed by atoms with Gasteiger partial charge in [-0.1, -0.05) is 24.3 Å². The number of nitrogens with zero attached hydrogens (tertiary/aromatic N) is 1. The summed E-state index contributed by atoms with van der Waals surface area (Å²) in [5.41, 5.74) is 2.24. The van der Waals surface area contributed by atoms with E-state index in [2.05, 4.69) is 5.32 Å². The monoisotopic (exact) mass is 262 g/mol. The molecular weight excluding hydrogens is 244 g/mol. The van der Waals surface area contributed by atoms with Gasteiger partial charge in [0.15, 0.2) is 0 Å². The molecule has 5 nitrogen and oxygen atoms in total. The van der Waals surface area contributed by atoms with Crippen molar-refractivity contribution in [3.63, 3.8) is 0 Å². The number of hydrogen-bond acceptors (Lipinski definition) is 2. The maximum Gasteiger partial charge on any atom is 0.317 e. The lowest BCUT2D eigenvalue weighted by atomic mass is 9.97. The number of aryl methyl sites for hydroxylation is 1. The van der Waals surface area contributed by atoms with Gasteiger partial charge in [-0.15, -0.1) is 0 Å². The van der Waals surface area contributed by atoms with Crippen molar-refractivity contribution in [1.82, 2.24) is 10.2 Å². The lowest BCUT2D eigenvalue weighted by Gasteiger charge is -2.38. The Bertz CT molecular complexity index is 481. The topological polar surface area (TPSA) is 69.6 Å². The second-order valence-corrected chi connectivity index (χ2v) is 4.95. The Hall–Kier alpha value is -2.04. The molecule has 2 rings (SSSR count). The van der Waals surface area contributed by atoms with Crippen molar-refractivity contribution in [2.75, 3.05) is 13.1 Å². The van der Waals surface area contributed by atoms with Crippen molar-refractivity contribution in [1.29, 1.82) is 0 Å². The number of rotatable bonds is 4. The molecule has 2 N–H and O–H groups in total. The number of urea groups is 1. The summed E-state index contributed by atoms with van der Waals surface area (Å²) in [4.78, 5) is 24.0. The van der Waals surface area contributed by atoms with Crippen LogP contribution < -0.4 is 5.32 Å². The normalized spacial score (nSPS) is 14.9. The molecular formula is C14H18N2O3. The molecule has 2 amide bonds. The van der Waals surface area contributed by atoms with Gasteiger partial charge >= 0.3 is 12.0 Å². The van der Waals surface area contributed by atoms with Crippen LogP contribution >= 0.6 is 0 Å². The van der Waals surface area contributed by atoms with Gasteiger partial charge in [0.25, 0.3) is 0 Å². The number of carbonyl (C=O) groups is 2. The van der Waals surface area contributed by atoms with Crippen molar-refractivity contribution in [2.45, 2.75) is 19.9 Å². The Kier molecular flexibility index (Phi) is 4.04. The maximum absolute atomic E-state index is 11.8. The van der Waals surface area contributed by atoms with Gasteiger partial charge in [-0.2, -0.15) is 0 Å². The van der Waals surface area contributed by atoms with Crippen molar-refractivity contribution >= 4 is 12.0 Å². The van der Waals surface area contributed by atoms with Crippen molar-refractivity contribution in [3.05, 3.63) is 35.4 Å². The van der Waals surface area contributed by atoms with Crippen LogP contribution in [0, 0.1) is 12.8 Å². The zero-order valence-corrected chi connectivity index (χ0v) is 10.9. The highest BCUT2D eigenvalue weighted by Gasteiger charge is 2.31. The van der Waals surface area contributed by atoms with Crippen LogP contribution in [0.3, 0.4) is 0 Å². The molecule has 0 spiro atoms. The summed E-state index contributed by atoms with van der Waals surface area (Å²) in [6, 6.07) is 7.78. The fraction of sp³-hybridized carbons (Fsp3) is 0.429. The summed E-state index contributed by atoms with van der Waals surface area (Å²) >= 11 is 0. The summed E-state index contributed by atoms with van der Waals surface area (Å²) in [7, 11) is 0.